The predicted molar refractivity (Wildman–Crippen MR) is 92.0 cm³/mol. The highest BCUT2D eigenvalue weighted by molar-refractivity contribution is 6.62. The van der Waals surface area contributed by atoms with Gasteiger partial charge in [0.1, 0.15) is 11.4 Å². The molecule has 1 fully saturated rings. The van der Waals surface area contributed by atoms with Crippen molar-refractivity contribution in [1.82, 2.24) is 0 Å². The molecule has 1 heterocycles. The normalized spacial score (nSPS) is 19.2. The van der Waals surface area contributed by atoms with Crippen molar-refractivity contribution in [3.8, 4) is 0 Å². The standard InChI is InChI=1S/C17H25BFNO4/c1-15(2,3)22-14(21)20-13-9-11(8-12(19)10-13)18-23-16(4,5)17(6,7)24-18/h8-10H,1-7H3,(H,20,21). The molecule has 1 aliphatic rings. The highest BCUT2D eigenvalue weighted by atomic mass is 19.1. The van der Waals surface area contributed by atoms with Gasteiger partial charge in [-0.3, -0.25) is 5.32 Å². The second kappa shape index (κ2) is 6.04. The lowest BCUT2D eigenvalue weighted by molar-refractivity contribution is 0.00578. The summed E-state index contributed by atoms with van der Waals surface area (Å²) in [6, 6.07) is 4.18. The molecule has 0 aliphatic carbocycles. The van der Waals surface area contributed by atoms with E-state index in [-0.39, 0.29) is 5.69 Å². The highest BCUT2D eigenvalue weighted by Gasteiger charge is 2.51. The molecule has 1 amide bonds. The minimum Gasteiger partial charge on any atom is -0.444 e. The number of halogens is 1. The van der Waals surface area contributed by atoms with Gasteiger partial charge in [-0.25, -0.2) is 9.18 Å². The Kier molecular flexibility index (Phi) is 4.72. The molecule has 7 heteroatoms. The van der Waals surface area contributed by atoms with Crippen LogP contribution in [-0.4, -0.2) is 30.0 Å². The van der Waals surface area contributed by atoms with Gasteiger partial charge in [-0.05, 0) is 72.1 Å². The summed E-state index contributed by atoms with van der Waals surface area (Å²) in [4.78, 5) is 11.9. The van der Waals surface area contributed by atoms with Crippen LogP contribution in [0, 0.1) is 5.82 Å². The van der Waals surface area contributed by atoms with E-state index in [2.05, 4.69) is 5.32 Å². The first-order valence-corrected chi connectivity index (χ1v) is 7.95. The van der Waals surface area contributed by atoms with Crippen molar-refractivity contribution in [2.75, 3.05) is 5.32 Å². The minimum atomic E-state index is -0.704. The fourth-order valence-electron chi connectivity index (χ4n) is 2.22. The van der Waals surface area contributed by atoms with E-state index in [4.69, 9.17) is 14.0 Å². The fourth-order valence-corrected chi connectivity index (χ4v) is 2.22. The minimum absolute atomic E-state index is 0.286. The maximum atomic E-state index is 14.0. The number of amides is 1. The first-order valence-electron chi connectivity index (χ1n) is 7.95. The predicted octanol–water partition coefficient (Wildman–Crippen LogP) is 3.47. The molecule has 0 saturated carbocycles. The van der Waals surface area contributed by atoms with Crippen LogP contribution in [0.15, 0.2) is 18.2 Å². The Morgan fingerprint density at radius 2 is 1.67 bits per heavy atom. The number of carbonyl (C=O) groups excluding carboxylic acids is 1. The summed E-state index contributed by atoms with van der Waals surface area (Å²) in [5, 5.41) is 2.53. The smallest absolute Gasteiger partial charge is 0.444 e. The van der Waals surface area contributed by atoms with Crippen molar-refractivity contribution in [3.05, 3.63) is 24.0 Å². The van der Waals surface area contributed by atoms with Crippen molar-refractivity contribution in [2.45, 2.75) is 65.3 Å². The molecular weight excluding hydrogens is 312 g/mol. The SMILES string of the molecule is CC(C)(C)OC(=O)Nc1cc(F)cc(B2OC(C)(C)C(C)(C)O2)c1. The molecule has 1 saturated heterocycles. The lowest BCUT2D eigenvalue weighted by Crippen LogP contribution is -2.41. The van der Waals surface area contributed by atoms with Gasteiger partial charge in [0.2, 0.25) is 0 Å². The van der Waals surface area contributed by atoms with E-state index in [0.29, 0.717) is 5.46 Å². The molecule has 0 bridgehead atoms. The van der Waals surface area contributed by atoms with Crippen LogP contribution in [0.3, 0.4) is 0 Å². The van der Waals surface area contributed by atoms with E-state index in [1.165, 1.54) is 12.1 Å². The van der Waals surface area contributed by atoms with Crippen LogP contribution in [0.1, 0.15) is 48.5 Å². The molecule has 1 aromatic carbocycles. The largest absolute Gasteiger partial charge is 0.495 e. The molecule has 1 N–H and O–H groups in total. The molecule has 2 rings (SSSR count). The summed E-state index contributed by atoms with van der Waals surface area (Å²) >= 11 is 0. The first-order chi connectivity index (χ1) is 10.8. The third-order valence-electron chi connectivity index (χ3n) is 4.09. The van der Waals surface area contributed by atoms with Gasteiger partial charge in [0.15, 0.2) is 0 Å². The van der Waals surface area contributed by atoms with Crippen molar-refractivity contribution in [3.63, 3.8) is 0 Å². The summed E-state index contributed by atoms with van der Waals surface area (Å²) in [6.07, 6.45) is -0.645. The number of benzene rings is 1. The summed E-state index contributed by atoms with van der Waals surface area (Å²) in [5.74, 6) is -0.492. The van der Waals surface area contributed by atoms with E-state index in [1.54, 1.807) is 26.8 Å². The van der Waals surface area contributed by atoms with Crippen molar-refractivity contribution >= 4 is 24.4 Å². The van der Waals surface area contributed by atoms with Gasteiger partial charge in [-0.2, -0.15) is 0 Å². The maximum absolute atomic E-state index is 14.0. The number of carbonyl (C=O) groups is 1. The topological polar surface area (TPSA) is 56.8 Å². The molecular formula is C17H25BFNO4. The van der Waals surface area contributed by atoms with E-state index >= 15 is 0 Å². The Morgan fingerprint density at radius 1 is 1.12 bits per heavy atom. The van der Waals surface area contributed by atoms with E-state index in [9.17, 15) is 9.18 Å². The Labute approximate surface area is 143 Å². The molecule has 24 heavy (non-hydrogen) atoms. The third kappa shape index (κ3) is 4.27. The zero-order valence-corrected chi connectivity index (χ0v) is 15.3. The Balaban J connectivity index is 2.20. The summed E-state index contributed by atoms with van der Waals surface area (Å²) < 4.78 is 31.0. The van der Waals surface area contributed by atoms with Crippen LogP contribution < -0.4 is 10.8 Å². The molecule has 1 aromatic rings. The lowest BCUT2D eigenvalue weighted by Gasteiger charge is -2.32. The van der Waals surface area contributed by atoms with Crippen molar-refractivity contribution in [2.24, 2.45) is 0 Å². The third-order valence-corrected chi connectivity index (χ3v) is 4.09. The Morgan fingerprint density at radius 3 is 2.17 bits per heavy atom. The molecule has 0 atom stereocenters. The van der Waals surface area contributed by atoms with Gasteiger partial charge in [0.25, 0.3) is 0 Å². The monoisotopic (exact) mass is 337 g/mol. The molecule has 0 spiro atoms. The number of ether oxygens (including phenoxy) is 1. The zero-order valence-electron chi connectivity index (χ0n) is 15.3. The second-order valence-electron chi connectivity index (χ2n) is 7.99. The summed E-state index contributed by atoms with van der Waals surface area (Å²) in [7, 11) is -0.704. The van der Waals surface area contributed by atoms with Crippen LogP contribution in [0.2, 0.25) is 0 Å². The van der Waals surface area contributed by atoms with E-state index in [1.807, 2.05) is 27.7 Å². The van der Waals surface area contributed by atoms with Gasteiger partial charge >= 0.3 is 13.2 Å². The lowest BCUT2D eigenvalue weighted by atomic mass is 9.79. The van der Waals surface area contributed by atoms with Gasteiger partial charge in [0, 0.05) is 5.69 Å². The number of nitrogens with one attached hydrogen (secondary N) is 1. The first kappa shape index (κ1) is 18.7. The average Bonchev–Trinajstić information content (AvgIpc) is 2.55. The van der Waals surface area contributed by atoms with Crippen molar-refractivity contribution in [1.29, 1.82) is 0 Å². The zero-order chi connectivity index (χ0) is 18.3. The molecule has 5 nitrogen and oxygen atoms in total. The fraction of sp³-hybridized carbons (Fsp3) is 0.588. The number of anilines is 1. The molecule has 0 aromatic heterocycles. The van der Waals surface area contributed by atoms with Crippen LogP contribution >= 0.6 is 0 Å². The second-order valence-corrected chi connectivity index (χ2v) is 7.99. The average molecular weight is 337 g/mol. The van der Waals surface area contributed by atoms with Gasteiger partial charge in [-0.1, -0.05) is 0 Å². The van der Waals surface area contributed by atoms with Gasteiger partial charge in [0.05, 0.1) is 11.2 Å². The highest BCUT2D eigenvalue weighted by Crippen LogP contribution is 2.36. The van der Waals surface area contributed by atoms with Gasteiger partial charge in [-0.15, -0.1) is 0 Å². The molecule has 0 radical (unpaired) electrons. The molecule has 1 aliphatic heterocycles. The van der Waals surface area contributed by atoms with Crippen molar-refractivity contribution < 1.29 is 23.2 Å². The quantitative estimate of drug-likeness (QED) is 0.840. The maximum Gasteiger partial charge on any atom is 0.495 e. The van der Waals surface area contributed by atoms with Gasteiger partial charge < -0.3 is 14.0 Å². The summed E-state index contributed by atoms with van der Waals surface area (Å²) in [5.41, 5.74) is -0.897. The van der Waals surface area contributed by atoms with Crippen LogP contribution in [0.4, 0.5) is 14.9 Å². The molecule has 132 valence electrons. The van der Waals surface area contributed by atoms with Crippen LogP contribution in [0.5, 0.6) is 0 Å². The Bertz CT molecular complexity index is 624. The van der Waals surface area contributed by atoms with E-state index < -0.39 is 35.8 Å². The van der Waals surface area contributed by atoms with E-state index in [0.717, 1.165) is 0 Å². The molecule has 0 unspecified atom stereocenters. The van der Waals surface area contributed by atoms with Crippen LogP contribution in [-0.2, 0) is 14.0 Å². The number of hydrogen-bond acceptors (Lipinski definition) is 4. The number of hydrogen-bond donors (Lipinski definition) is 1. The number of rotatable bonds is 2. The Hall–Kier alpha value is -1.60. The van der Waals surface area contributed by atoms with Crippen LogP contribution in [0.25, 0.3) is 0 Å². The summed E-state index contributed by atoms with van der Waals surface area (Å²) in [6.45, 7) is 13.0.